The molecule has 6 heteroatoms. The van der Waals surface area contributed by atoms with Crippen LogP contribution in [0.2, 0.25) is 0 Å². The lowest BCUT2D eigenvalue weighted by Gasteiger charge is -2.24. The van der Waals surface area contributed by atoms with Gasteiger partial charge >= 0.3 is 6.09 Å². The van der Waals surface area contributed by atoms with Crippen LogP contribution in [-0.2, 0) is 18.3 Å². The number of rotatable bonds is 5. The molecule has 0 aliphatic rings. The Morgan fingerprint density at radius 2 is 2.15 bits per heavy atom. The molecule has 0 radical (unpaired) electrons. The molecule has 0 aliphatic heterocycles. The van der Waals surface area contributed by atoms with Crippen LogP contribution in [0.4, 0.5) is 4.79 Å². The van der Waals surface area contributed by atoms with Crippen LogP contribution in [-0.4, -0.2) is 46.5 Å². The number of amides is 1. The standard InChI is InChI=1S/C14H26N4O2/c1-11-12(10-16-18(11)6)9-15-7-8-17(5)13(19)20-14(2,3)4/h10,15H,7-9H2,1-6H3. The Morgan fingerprint density at radius 1 is 1.50 bits per heavy atom. The molecule has 0 aliphatic carbocycles. The van der Waals surface area contributed by atoms with Crippen molar-refractivity contribution in [3.8, 4) is 0 Å². The SMILES string of the molecule is Cc1c(CNCCN(C)C(=O)OC(C)(C)C)cnn1C. The maximum absolute atomic E-state index is 11.7. The largest absolute Gasteiger partial charge is 0.444 e. The van der Waals surface area contributed by atoms with E-state index < -0.39 is 5.60 Å². The van der Waals surface area contributed by atoms with E-state index in [-0.39, 0.29) is 6.09 Å². The quantitative estimate of drug-likeness (QED) is 0.835. The fraction of sp³-hybridized carbons (Fsp3) is 0.714. The highest BCUT2D eigenvalue weighted by Crippen LogP contribution is 2.08. The van der Waals surface area contributed by atoms with E-state index in [9.17, 15) is 4.79 Å². The normalized spacial score (nSPS) is 11.5. The summed E-state index contributed by atoms with van der Waals surface area (Å²) in [6, 6.07) is 0. The van der Waals surface area contributed by atoms with Crippen molar-refractivity contribution < 1.29 is 9.53 Å². The molecular formula is C14H26N4O2. The van der Waals surface area contributed by atoms with E-state index >= 15 is 0 Å². The number of carbonyl (C=O) groups excluding carboxylic acids is 1. The fourth-order valence-corrected chi connectivity index (χ4v) is 1.62. The first-order valence-electron chi connectivity index (χ1n) is 6.83. The molecule has 1 amide bonds. The maximum atomic E-state index is 11.7. The molecule has 6 nitrogen and oxygen atoms in total. The van der Waals surface area contributed by atoms with Crippen LogP contribution in [0.3, 0.4) is 0 Å². The number of hydrogen-bond donors (Lipinski definition) is 1. The first-order valence-corrected chi connectivity index (χ1v) is 6.83. The molecule has 1 aromatic heterocycles. The van der Waals surface area contributed by atoms with Crippen molar-refractivity contribution in [3.05, 3.63) is 17.5 Å². The van der Waals surface area contributed by atoms with Crippen molar-refractivity contribution in [1.82, 2.24) is 20.0 Å². The van der Waals surface area contributed by atoms with Crippen molar-refractivity contribution in [2.24, 2.45) is 7.05 Å². The number of hydrogen-bond acceptors (Lipinski definition) is 4. The number of likely N-dealkylation sites (N-methyl/N-ethyl adjacent to an activating group) is 1. The van der Waals surface area contributed by atoms with Gasteiger partial charge < -0.3 is 15.0 Å². The Labute approximate surface area is 121 Å². The zero-order valence-electron chi connectivity index (χ0n) is 13.4. The average Bonchev–Trinajstić information content (AvgIpc) is 2.63. The molecule has 0 spiro atoms. The predicted octanol–water partition coefficient (Wildman–Crippen LogP) is 1.69. The molecule has 0 saturated carbocycles. The van der Waals surface area contributed by atoms with Crippen molar-refractivity contribution in [2.45, 2.75) is 39.8 Å². The van der Waals surface area contributed by atoms with Crippen molar-refractivity contribution in [3.63, 3.8) is 0 Å². The molecule has 0 saturated heterocycles. The van der Waals surface area contributed by atoms with E-state index in [2.05, 4.69) is 10.4 Å². The molecule has 1 aromatic rings. The van der Waals surface area contributed by atoms with Crippen molar-refractivity contribution in [2.75, 3.05) is 20.1 Å². The number of aryl methyl sites for hydroxylation is 1. The summed E-state index contributed by atoms with van der Waals surface area (Å²) in [7, 11) is 3.67. The third-order valence-electron chi connectivity index (χ3n) is 2.98. The maximum Gasteiger partial charge on any atom is 0.410 e. The number of aromatic nitrogens is 2. The zero-order chi connectivity index (χ0) is 15.3. The molecule has 0 unspecified atom stereocenters. The molecule has 1 rings (SSSR count). The topological polar surface area (TPSA) is 59.4 Å². The summed E-state index contributed by atoms with van der Waals surface area (Å²) < 4.78 is 7.13. The van der Waals surface area contributed by atoms with Crippen molar-refractivity contribution >= 4 is 6.09 Å². The molecule has 20 heavy (non-hydrogen) atoms. The van der Waals surface area contributed by atoms with Gasteiger partial charge in [0.25, 0.3) is 0 Å². The van der Waals surface area contributed by atoms with Crippen LogP contribution in [0.5, 0.6) is 0 Å². The highest BCUT2D eigenvalue weighted by molar-refractivity contribution is 5.67. The summed E-state index contributed by atoms with van der Waals surface area (Å²) in [4.78, 5) is 13.3. The van der Waals surface area contributed by atoms with Gasteiger partial charge in [0.2, 0.25) is 0 Å². The van der Waals surface area contributed by atoms with E-state index in [1.54, 1.807) is 11.9 Å². The molecule has 0 aromatic carbocycles. The van der Waals surface area contributed by atoms with Gasteiger partial charge in [-0.05, 0) is 27.7 Å². The third-order valence-corrected chi connectivity index (χ3v) is 2.98. The first-order chi connectivity index (χ1) is 9.20. The minimum atomic E-state index is -0.453. The van der Waals surface area contributed by atoms with Gasteiger partial charge in [0.15, 0.2) is 0 Å². The summed E-state index contributed by atoms with van der Waals surface area (Å²) in [6.07, 6.45) is 1.57. The molecule has 1 N–H and O–H groups in total. The lowest BCUT2D eigenvalue weighted by Crippen LogP contribution is -2.37. The minimum absolute atomic E-state index is 0.295. The van der Waals surface area contributed by atoms with E-state index in [1.165, 1.54) is 5.56 Å². The average molecular weight is 282 g/mol. The number of nitrogens with zero attached hydrogens (tertiary/aromatic N) is 3. The molecule has 0 bridgehead atoms. The van der Waals surface area contributed by atoms with Crippen LogP contribution >= 0.6 is 0 Å². The van der Waals surface area contributed by atoms with E-state index in [0.29, 0.717) is 13.1 Å². The Balaban J connectivity index is 2.27. The fourth-order valence-electron chi connectivity index (χ4n) is 1.62. The second-order valence-corrected chi connectivity index (χ2v) is 5.96. The van der Waals surface area contributed by atoms with E-state index in [4.69, 9.17) is 4.74 Å². The van der Waals surface area contributed by atoms with Gasteiger partial charge in [-0.3, -0.25) is 4.68 Å². The van der Waals surface area contributed by atoms with Gasteiger partial charge in [0.05, 0.1) is 6.20 Å². The smallest absolute Gasteiger partial charge is 0.410 e. The van der Waals surface area contributed by atoms with Crippen LogP contribution < -0.4 is 5.32 Å². The number of carbonyl (C=O) groups is 1. The van der Waals surface area contributed by atoms with Crippen LogP contribution in [0.25, 0.3) is 0 Å². The monoisotopic (exact) mass is 282 g/mol. The van der Waals surface area contributed by atoms with E-state index in [0.717, 1.165) is 12.2 Å². The van der Waals surface area contributed by atoms with Crippen LogP contribution in [0.1, 0.15) is 32.0 Å². The van der Waals surface area contributed by atoms with Gasteiger partial charge in [0.1, 0.15) is 5.60 Å². The number of nitrogens with one attached hydrogen (secondary N) is 1. The Kier molecular flexibility index (Phi) is 5.56. The Hall–Kier alpha value is -1.56. The summed E-state index contributed by atoms with van der Waals surface area (Å²) >= 11 is 0. The summed E-state index contributed by atoms with van der Waals surface area (Å²) in [6.45, 7) is 9.70. The predicted molar refractivity (Wildman–Crippen MR) is 78.5 cm³/mol. The lowest BCUT2D eigenvalue weighted by atomic mass is 10.2. The molecular weight excluding hydrogens is 256 g/mol. The van der Waals surface area contributed by atoms with Crippen LogP contribution in [0, 0.1) is 6.92 Å². The van der Waals surface area contributed by atoms with Gasteiger partial charge in [-0.1, -0.05) is 0 Å². The second-order valence-electron chi connectivity index (χ2n) is 5.96. The third kappa shape index (κ3) is 5.21. The lowest BCUT2D eigenvalue weighted by molar-refractivity contribution is 0.0300. The van der Waals surface area contributed by atoms with Gasteiger partial charge in [0, 0.05) is 45.0 Å². The van der Waals surface area contributed by atoms with E-state index in [1.807, 2.05) is 45.6 Å². The Bertz CT molecular complexity index is 449. The molecule has 114 valence electrons. The summed E-state index contributed by atoms with van der Waals surface area (Å²) in [5.41, 5.74) is 1.87. The van der Waals surface area contributed by atoms with Crippen LogP contribution in [0.15, 0.2) is 6.20 Å². The number of ether oxygens (including phenoxy) is 1. The molecule has 0 fully saturated rings. The first kappa shape index (κ1) is 16.5. The Morgan fingerprint density at radius 3 is 2.65 bits per heavy atom. The van der Waals surface area contributed by atoms with Gasteiger partial charge in [-0.25, -0.2) is 4.79 Å². The molecule has 0 atom stereocenters. The molecule has 1 heterocycles. The highest BCUT2D eigenvalue weighted by atomic mass is 16.6. The van der Waals surface area contributed by atoms with Gasteiger partial charge in [-0.2, -0.15) is 5.10 Å². The van der Waals surface area contributed by atoms with Gasteiger partial charge in [-0.15, -0.1) is 0 Å². The van der Waals surface area contributed by atoms with Crippen molar-refractivity contribution in [1.29, 1.82) is 0 Å². The summed E-state index contributed by atoms with van der Waals surface area (Å²) in [5, 5.41) is 7.49. The second kappa shape index (κ2) is 6.74. The zero-order valence-corrected chi connectivity index (χ0v) is 13.4. The summed E-state index contributed by atoms with van der Waals surface area (Å²) in [5.74, 6) is 0. The highest BCUT2D eigenvalue weighted by Gasteiger charge is 2.19. The minimum Gasteiger partial charge on any atom is -0.444 e.